The Labute approximate surface area is 157 Å². The lowest BCUT2D eigenvalue weighted by atomic mass is 10.0. The smallest absolute Gasteiger partial charge is 0.303 e. The molecule has 2 rings (SSSR count). The van der Waals surface area contributed by atoms with Crippen LogP contribution in [0.5, 0.6) is 0 Å². The molecule has 6 heteroatoms. The van der Waals surface area contributed by atoms with Crippen LogP contribution in [0.1, 0.15) is 67.2 Å². The fraction of sp³-hybridized carbons (Fsp3) is 0.850. The largest absolute Gasteiger partial charge is 0.457 e. The van der Waals surface area contributed by atoms with Crippen molar-refractivity contribution in [1.82, 2.24) is 0 Å². The maximum Gasteiger partial charge on any atom is 0.303 e. The quantitative estimate of drug-likeness (QED) is 0.369. The van der Waals surface area contributed by atoms with Crippen molar-refractivity contribution in [3.05, 3.63) is 12.2 Å². The van der Waals surface area contributed by atoms with Crippen LogP contribution in [-0.4, -0.2) is 48.6 Å². The molecular formula is C20H34O6. The summed E-state index contributed by atoms with van der Waals surface area (Å²) < 4.78 is 29.3. The maximum absolute atomic E-state index is 11.7. The Hall–Kier alpha value is -0.950. The fourth-order valence-electron chi connectivity index (χ4n) is 3.39. The molecular weight excluding hydrogens is 336 g/mol. The van der Waals surface area contributed by atoms with Crippen LogP contribution in [0.2, 0.25) is 0 Å². The lowest BCUT2D eigenvalue weighted by Crippen LogP contribution is -2.47. The van der Waals surface area contributed by atoms with E-state index in [2.05, 4.69) is 13.0 Å². The Bertz CT molecular complexity index is 499. The minimum Gasteiger partial charge on any atom is -0.457 e. The van der Waals surface area contributed by atoms with Crippen molar-refractivity contribution in [2.24, 2.45) is 0 Å². The van der Waals surface area contributed by atoms with Crippen molar-refractivity contribution in [2.75, 3.05) is 6.61 Å². The first-order valence-electron chi connectivity index (χ1n) is 9.65. The van der Waals surface area contributed by atoms with Gasteiger partial charge in [0.2, 0.25) is 0 Å². The third-order valence-corrected chi connectivity index (χ3v) is 4.49. The molecule has 0 aromatic carbocycles. The second kappa shape index (κ2) is 8.83. The lowest BCUT2D eigenvalue weighted by molar-refractivity contribution is -0.193. The van der Waals surface area contributed by atoms with E-state index in [1.807, 2.05) is 33.8 Å². The van der Waals surface area contributed by atoms with Crippen molar-refractivity contribution >= 4 is 5.97 Å². The highest BCUT2D eigenvalue weighted by atomic mass is 16.8. The van der Waals surface area contributed by atoms with Gasteiger partial charge in [-0.1, -0.05) is 31.9 Å². The van der Waals surface area contributed by atoms with Crippen molar-refractivity contribution in [3.63, 3.8) is 0 Å². The van der Waals surface area contributed by atoms with Crippen LogP contribution >= 0.6 is 0 Å². The topological polar surface area (TPSA) is 63.2 Å². The molecule has 0 aromatic heterocycles. The molecule has 0 N–H and O–H groups in total. The molecule has 6 nitrogen and oxygen atoms in total. The number of carbonyl (C=O) groups is 1. The number of unbranched alkanes of at least 4 members (excludes halogenated alkanes) is 3. The van der Waals surface area contributed by atoms with Gasteiger partial charge in [0.15, 0.2) is 17.7 Å². The molecule has 0 aliphatic carbocycles. The van der Waals surface area contributed by atoms with E-state index in [1.54, 1.807) is 0 Å². The third-order valence-electron chi connectivity index (χ3n) is 4.49. The van der Waals surface area contributed by atoms with Gasteiger partial charge in [0.05, 0.1) is 6.61 Å². The van der Waals surface area contributed by atoms with Gasteiger partial charge in [-0.05, 0) is 40.5 Å². The summed E-state index contributed by atoms with van der Waals surface area (Å²) in [4.78, 5) is 11.7. The molecule has 0 amide bonds. The van der Waals surface area contributed by atoms with Crippen molar-refractivity contribution in [2.45, 2.75) is 103 Å². The van der Waals surface area contributed by atoms with E-state index in [0.717, 1.165) is 12.8 Å². The van der Waals surface area contributed by atoms with Gasteiger partial charge >= 0.3 is 5.97 Å². The Kier molecular flexibility index (Phi) is 7.25. The normalized spacial score (nSPS) is 31.4. The molecule has 2 heterocycles. The number of rotatable bonds is 8. The van der Waals surface area contributed by atoms with Crippen molar-refractivity contribution < 1.29 is 28.5 Å². The predicted molar refractivity (Wildman–Crippen MR) is 97.6 cm³/mol. The molecule has 0 saturated carbocycles. The average molecular weight is 370 g/mol. The van der Waals surface area contributed by atoms with Crippen LogP contribution < -0.4 is 0 Å². The molecule has 150 valence electrons. The van der Waals surface area contributed by atoms with Crippen molar-refractivity contribution in [3.8, 4) is 0 Å². The van der Waals surface area contributed by atoms with Gasteiger partial charge in [0, 0.05) is 6.92 Å². The van der Waals surface area contributed by atoms with E-state index in [-0.39, 0.29) is 12.1 Å². The maximum atomic E-state index is 11.7. The molecule has 26 heavy (non-hydrogen) atoms. The molecule has 2 aliphatic heterocycles. The summed E-state index contributed by atoms with van der Waals surface area (Å²) in [5.74, 6) is -1.83. The van der Waals surface area contributed by atoms with Gasteiger partial charge in [-0.3, -0.25) is 4.79 Å². The van der Waals surface area contributed by atoms with Gasteiger partial charge in [0.1, 0.15) is 18.3 Å². The third kappa shape index (κ3) is 6.05. The minimum absolute atomic E-state index is 0.303. The summed E-state index contributed by atoms with van der Waals surface area (Å²) >= 11 is 0. The number of allylic oxidation sites excluding steroid dienone is 1. The summed E-state index contributed by atoms with van der Waals surface area (Å²) in [6.07, 6.45) is 6.95. The van der Waals surface area contributed by atoms with Gasteiger partial charge in [-0.15, -0.1) is 0 Å². The predicted octanol–water partition coefficient (Wildman–Crippen LogP) is 3.73. The van der Waals surface area contributed by atoms with Gasteiger partial charge < -0.3 is 23.7 Å². The highest BCUT2D eigenvalue weighted by Gasteiger charge is 2.51. The Morgan fingerprint density at radius 3 is 2.46 bits per heavy atom. The monoisotopic (exact) mass is 370 g/mol. The van der Waals surface area contributed by atoms with Gasteiger partial charge in [-0.25, -0.2) is 0 Å². The minimum atomic E-state index is -0.754. The number of hydrogen-bond acceptors (Lipinski definition) is 6. The highest BCUT2D eigenvalue weighted by molar-refractivity contribution is 5.66. The zero-order valence-electron chi connectivity index (χ0n) is 16.9. The van der Waals surface area contributed by atoms with Crippen LogP contribution in [0.15, 0.2) is 12.2 Å². The first-order valence-corrected chi connectivity index (χ1v) is 9.65. The average Bonchev–Trinajstić information content (AvgIpc) is 3.03. The van der Waals surface area contributed by atoms with E-state index >= 15 is 0 Å². The molecule has 0 radical (unpaired) electrons. The molecule has 0 bridgehead atoms. The van der Waals surface area contributed by atoms with Crippen LogP contribution in [0.25, 0.3) is 0 Å². The SMILES string of the molecule is CCCCC/C=C\[C@H]1OC(C)(C)O[C@H]1[C@H](OC(C)=O)[C@@H]1COC(C)(C)O1. The van der Waals surface area contributed by atoms with E-state index < -0.39 is 29.9 Å². The first-order chi connectivity index (χ1) is 12.1. The molecule has 0 unspecified atom stereocenters. The van der Waals surface area contributed by atoms with E-state index in [0.29, 0.717) is 6.61 Å². The zero-order chi connectivity index (χ0) is 19.4. The molecule has 0 aromatic rings. The van der Waals surface area contributed by atoms with Crippen LogP contribution in [-0.2, 0) is 28.5 Å². The first kappa shape index (κ1) is 21.4. The fourth-order valence-corrected chi connectivity index (χ4v) is 3.39. The van der Waals surface area contributed by atoms with Crippen LogP contribution in [0, 0.1) is 0 Å². The van der Waals surface area contributed by atoms with E-state index in [4.69, 9.17) is 23.7 Å². The molecule has 2 saturated heterocycles. The number of esters is 1. The summed E-state index contributed by atoms with van der Waals surface area (Å²) in [5.41, 5.74) is 0. The van der Waals surface area contributed by atoms with Crippen LogP contribution in [0.4, 0.5) is 0 Å². The standard InChI is InChI=1S/C20H34O6/c1-7-8-9-10-11-12-15-18(26-20(5,6)24-15)17(23-14(2)21)16-13-22-19(3,4)25-16/h11-12,15-18H,7-10,13H2,1-6H3/b12-11-/t15-,16+,17-,18-/m1/s1. The highest BCUT2D eigenvalue weighted by Crippen LogP contribution is 2.36. The second-order valence-corrected chi connectivity index (χ2v) is 7.93. The summed E-state index contributed by atoms with van der Waals surface area (Å²) in [6, 6.07) is 0. The molecule has 0 spiro atoms. The Morgan fingerprint density at radius 1 is 1.15 bits per heavy atom. The van der Waals surface area contributed by atoms with Gasteiger partial charge in [0.25, 0.3) is 0 Å². The lowest BCUT2D eigenvalue weighted by Gasteiger charge is -2.29. The number of hydrogen-bond donors (Lipinski definition) is 0. The summed E-state index contributed by atoms with van der Waals surface area (Å²) in [6.45, 7) is 11.4. The Balaban J connectivity index is 2.12. The Morgan fingerprint density at radius 2 is 1.88 bits per heavy atom. The van der Waals surface area contributed by atoms with Crippen molar-refractivity contribution in [1.29, 1.82) is 0 Å². The molecule has 2 fully saturated rings. The number of carbonyl (C=O) groups excluding carboxylic acids is 1. The van der Waals surface area contributed by atoms with E-state index in [9.17, 15) is 4.79 Å². The molecule has 4 atom stereocenters. The zero-order valence-corrected chi connectivity index (χ0v) is 16.9. The number of ether oxygens (including phenoxy) is 5. The summed E-state index contributed by atoms with van der Waals surface area (Å²) in [5, 5.41) is 0. The van der Waals surface area contributed by atoms with Gasteiger partial charge in [-0.2, -0.15) is 0 Å². The second-order valence-electron chi connectivity index (χ2n) is 7.93. The molecule has 2 aliphatic rings. The van der Waals surface area contributed by atoms with Crippen LogP contribution in [0.3, 0.4) is 0 Å². The summed E-state index contributed by atoms with van der Waals surface area (Å²) in [7, 11) is 0. The van der Waals surface area contributed by atoms with E-state index in [1.165, 1.54) is 19.8 Å².